The first kappa shape index (κ1) is 12.9. The van der Waals surface area contributed by atoms with Crippen molar-refractivity contribution in [3.8, 4) is 0 Å². The molecule has 0 radical (unpaired) electrons. The number of hydrogen-bond donors (Lipinski definition) is 1. The minimum absolute atomic E-state index is 0.182. The Morgan fingerprint density at radius 1 is 1.31 bits per heavy atom. The number of benzene rings is 1. The Balaban J connectivity index is 2.23. The van der Waals surface area contributed by atoms with Gasteiger partial charge in [0.1, 0.15) is 6.29 Å². The number of aldehydes is 1. The predicted molar refractivity (Wildman–Crippen MR) is 65.7 cm³/mol. The van der Waals surface area contributed by atoms with Gasteiger partial charge >= 0.3 is 0 Å². The highest BCUT2D eigenvalue weighted by Crippen LogP contribution is 2.10. The highest BCUT2D eigenvalue weighted by molar-refractivity contribution is 5.74. The Morgan fingerprint density at radius 2 is 2.12 bits per heavy atom. The second-order valence-corrected chi connectivity index (χ2v) is 4.31. The minimum Gasteiger partial charge on any atom is -0.393 e. The van der Waals surface area contributed by atoms with Crippen molar-refractivity contribution in [3.05, 3.63) is 35.4 Å². The molecule has 1 rings (SSSR count). The van der Waals surface area contributed by atoms with Crippen LogP contribution in [-0.2, 0) is 6.42 Å². The molecule has 2 nitrogen and oxygen atoms in total. The molecule has 0 aliphatic carbocycles. The first-order valence-electron chi connectivity index (χ1n) is 5.94. The number of carbonyl (C=O) groups excluding carboxylic acids is 1. The molecule has 16 heavy (non-hydrogen) atoms. The molecule has 1 unspecified atom stereocenters. The van der Waals surface area contributed by atoms with E-state index in [-0.39, 0.29) is 6.10 Å². The first-order valence-corrected chi connectivity index (χ1v) is 5.94. The van der Waals surface area contributed by atoms with Gasteiger partial charge in [-0.05, 0) is 37.8 Å². The van der Waals surface area contributed by atoms with Crippen molar-refractivity contribution >= 4 is 6.29 Å². The number of aryl methyl sites for hydroxylation is 1. The van der Waals surface area contributed by atoms with E-state index in [0.717, 1.165) is 44.0 Å². The van der Waals surface area contributed by atoms with E-state index in [9.17, 15) is 4.79 Å². The summed E-state index contributed by atoms with van der Waals surface area (Å²) in [5, 5.41) is 9.10. The Hall–Kier alpha value is -1.15. The third kappa shape index (κ3) is 5.08. The van der Waals surface area contributed by atoms with Gasteiger partial charge in [0.15, 0.2) is 0 Å². The predicted octanol–water partition coefficient (Wildman–Crippen LogP) is 2.98. The van der Waals surface area contributed by atoms with Crippen LogP contribution < -0.4 is 0 Å². The van der Waals surface area contributed by atoms with Crippen molar-refractivity contribution in [2.24, 2.45) is 0 Å². The summed E-state index contributed by atoms with van der Waals surface area (Å²) < 4.78 is 0. The van der Waals surface area contributed by atoms with Crippen molar-refractivity contribution in [2.45, 2.75) is 45.1 Å². The Labute approximate surface area is 97.3 Å². The summed E-state index contributed by atoms with van der Waals surface area (Å²) >= 11 is 0. The van der Waals surface area contributed by atoms with Crippen LogP contribution in [0.25, 0.3) is 0 Å². The summed E-state index contributed by atoms with van der Waals surface area (Å²) in [5.41, 5.74) is 1.98. The zero-order valence-corrected chi connectivity index (χ0v) is 9.86. The SMILES string of the molecule is CC(O)CCCCCc1cccc(C=O)c1. The second kappa shape index (κ2) is 7.18. The molecule has 0 saturated heterocycles. The molecule has 0 amide bonds. The maximum atomic E-state index is 10.6. The molecule has 1 atom stereocenters. The maximum Gasteiger partial charge on any atom is 0.150 e. The molecule has 0 bridgehead atoms. The number of hydrogen-bond acceptors (Lipinski definition) is 2. The topological polar surface area (TPSA) is 37.3 Å². The summed E-state index contributed by atoms with van der Waals surface area (Å²) in [6.45, 7) is 1.83. The highest BCUT2D eigenvalue weighted by Gasteiger charge is 1.98. The zero-order valence-electron chi connectivity index (χ0n) is 9.86. The molecule has 1 aromatic rings. The van der Waals surface area contributed by atoms with E-state index in [4.69, 9.17) is 5.11 Å². The molecule has 0 saturated carbocycles. The van der Waals surface area contributed by atoms with Gasteiger partial charge in [0.25, 0.3) is 0 Å². The van der Waals surface area contributed by atoms with Crippen LogP contribution in [0.2, 0.25) is 0 Å². The number of rotatable bonds is 7. The van der Waals surface area contributed by atoms with E-state index >= 15 is 0 Å². The molecule has 2 heteroatoms. The maximum absolute atomic E-state index is 10.6. The van der Waals surface area contributed by atoms with Crippen LogP contribution in [-0.4, -0.2) is 17.5 Å². The molecular weight excluding hydrogens is 200 g/mol. The van der Waals surface area contributed by atoms with E-state index in [0.29, 0.717) is 0 Å². The molecule has 88 valence electrons. The van der Waals surface area contributed by atoms with Crippen molar-refractivity contribution in [1.82, 2.24) is 0 Å². The second-order valence-electron chi connectivity index (χ2n) is 4.31. The van der Waals surface area contributed by atoms with Crippen molar-refractivity contribution in [1.29, 1.82) is 0 Å². The van der Waals surface area contributed by atoms with Crippen LogP contribution in [0.4, 0.5) is 0 Å². The Kier molecular flexibility index (Phi) is 5.79. The minimum atomic E-state index is -0.182. The fourth-order valence-electron chi connectivity index (χ4n) is 1.77. The smallest absolute Gasteiger partial charge is 0.150 e. The van der Waals surface area contributed by atoms with Crippen LogP contribution in [0.3, 0.4) is 0 Å². The number of carbonyl (C=O) groups is 1. The average molecular weight is 220 g/mol. The standard InChI is InChI=1S/C14H20O2/c1-12(16)6-3-2-4-7-13-8-5-9-14(10-13)11-15/h5,8-12,16H,2-4,6-7H2,1H3. The average Bonchev–Trinajstić information content (AvgIpc) is 2.28. The van der Waals surface area contributed by atoms with E-state index in [1.165, 1.54) is 5.56 Å². The van der Waals surface area contributed by atoms with Crippen LogP contribution in [0, 0.1) is 0 Å². The molecular formula is C14H20O2. The molecule has 0 spiro atoms. The van der Waals surface area contributed by atoms with Crippen molar-refractivity contribution < 1.29 is 9.90 Å². The van der Waals surface area contributed by atoms with Gasteiger partial charge in [-0.3, -0.25) is 4.79 Å². The lowest BCUT2D eigenvalue weighted by molar-refractivity contribution is 0.112. The Morgan fingerprint density at radius 3 is 2.81 bits per heavy atom. The summed E-state index contributed by atoms with van der Waals surface area (Å²) in [4.78, 5) is 10.6. The largest absolute Gasteiger partial charge is 0.393 e. The Bertz CT molecular complexity index is 318. The van der Waals surface area contributed by atoms with Gasteiger partial charge in [-0.1, -0.05) is 31.0 Å². The van der Waals surface area contributed by atoms with E-state index in [1.807, 2.05) is 25.1 Å². The fourth-order valence-corrected chi connectivity index (χ4v) is 1.77. The van der Waals surface area contributed by atoms with Crippen LogP contribution in [0.15, 0.2) is 24.3 Å². The zero-order chi connectivity index (χ0) is 11.8. The third-order valence-electron chi connectivity index (χ3n) is 2.67. The fraction of sp³-hybridized carbons (Fsp3) is 0.500. The van der Waals surface area contributed by atoms with Gasteiger partial charge < -0.3 is 5.11 Å². The molecule has 0 fully saturated rings. The van der Waals surface area contributed by atoms with Gasteiger partial charge in [-0.2, -0.15) is 0 Å². The summed E-state index contributed by atoms with van der Waals surface area (Å²) in [6.07, 6.45) is 5.93. The van der Waals surface area contributed by atoms with Gasteiger partial charge in [0.2, 0.25) is 0 Å². The summed E-state index contributed by atoms with van der Waals surface area (Å²) in [7, 11) is 0. The lowest BCUT2D eigenvalue weighted by Crippen LogP contribution is -1.98. The number of aliphatic hydroxyl groups is 1. The summed E-state index contributed by atoms with van der Waals surface area (Å²) in [6, 6.07) is 7.75. The molecule has 1 N–H and O–H groups in total. The third-order valence-corrected chi connectivity index (χ3v) is 2.67. The van der Waals surface area contributed by atoms with Gasteiger partial charge in [-0.25, -0.2) is 0 Å². The van der Waals surface area contributed by atoms with Crippen molar-refractivity contribution in [3.63, 3.8) is 0 Å². The normalized spacial score (nSPS) is 12.4. The van der Waals surface area contributed by atoms with Gasteiger partial charge in [-0.15, -0.1) is 0 Å². The number of unbranched alkanes of at least 4 members (excludes halogenated alkanes) is 2. The molecule has 0 aliphatic rings. The van der Waals surface area contributed by atoms with Crippen LogP contribution >= 0.6 is 0 Å². The molecule has 1 aromatic carbocycles. The van der Waals surface area contributed by atoms with Crippen LogP contribution in [0.1, 0.15) is 48.5 Å². The van der Waals surface area contributed by atoms with Gasteiger partial charge in [0.05, 0.1) is 6.10 Å². The molecule has 0 heterocycles. The van der Waals surface area contributed by atoms with Crippen molar-refractivity contribution in [2.75, 3.05) is 0 Å². The quantitative estimate of drug-likeness (QED) is 0.566. The van der Waals surface area contributed by atoms with E-state index < -0.39 is 0 Å². The summed E-state index contributed by atoms with van der Waals surface area (Å²) in [5.74, 6) is 0. The first-order chi connectivity index (χ1) is 7.72. The molecule has 0 aromatic heterocycles. The highest BCUT2D eigenvalue weighted by atomic mass is 16.3. The van der Waals surface area contributed by atoms with E-state index in [1.54, 1.807) is 0 Å². The monoisotopic (exact) mass is 220 g/mol. The lowest BCUT2D eigenvalue weighted by atomic mass is 10.0. The number of aliphatic hydroxyl groups excluding tert-OH is 1. The van der Waals surface area contributed by atoms with Crippen LogP contribution in [0.5, 0.6) is 0 Å². The van der Waals surface area contributed by atoms with E-state index in [2.05, 4.69) is 6.07 Å². The molecule has 0 aliphatic heterocycles. The lowest BCUT2D eigenvalue weighted by Gasteiger charge is -2.04. The van der Waals surface area contributed by atoms with Gasteiger partial charge in [0, 0.05) is 5.56 Å².